The summed E-state index contributed by atoms with van der Waals surface area (Å²) < 4.78 is 0. The summed E-state index contributed by atoms with van der Waals surface area (Å²) in [5.41, 5.74) is 0.349. The molecule has 1 aromatic heterocycles. The van der Waals surface area contributed by atoms with E-state index in [0.717, 1.165) is 12.8 Å². The summed E-state index contributed by atoms with van der Waals surface area (Å²) in [6, 6.07) is 0.170. The van der Waals surface area contributed by atoms with E-state index in [4.69, 9.17) is 0 Å². The number of hydrogen-bond acceptors (Lipinski definition) is 4. The Morgan fingerprint density at radius 3 is 2.69 bits per heavy atom. The van der Waals surface area contributed by atoms with E-state index in [0.29, 0.717) is 11.5 Å². The van der Waals surface area contributed by atoms with Gasteiger partial charge >= 0.3 is 0 Å². The minimum Gasteiger partial charge on any atom is -0.372 e. The van der Waals surface area contributed by atoms with Crippen molar-refractivity contribution in [3.05, 3.63) is 18.1 Å². The van der Waals surface area contributed by atoms with E-state index in [2.05, 4.69) is 27.5 Å². The van der Waals surface area contributed by atoms with Gasteiger partial charge in [0.2, 0.25) is 0 Å². The Morgan fingerprint density at radius 1 is 1.44 bits per heavy atom. The van der Waals surface area contributed by atoms with Crippen LogP contribution >= 0.6 is 0 Å². The molecular formula is C11H18N4O. The second kappa shape index (κ2) is 6.05. The summed E-state index contributed by atoms with van der Waals surface area (Å²) >= 11 is 0. The molecule has 16 heavy (non-hydrogen) atoms. The number of rotatable bonds is 5. The predicted molar refractivity (Wildman–Crippen MR) is 63.4 cm³/mol. The molecule has 0 aliphatic heterocycles. The van der Waals surface area contributed by atoms with Crippen molar-refractivity contribution in [2.45, 2.75) is 32.7 Å². The van der Waals surface area contributed by atoms with E-state index in [1.807, 2.05) is 6.92 Å². The highest BCUT2D eigenvalue weighted by molar-refractivity contribution is 5.92. The Balaban J connectivity index is 2.59. The normalized spacial score (nSPS) is 11.9. The van der Waals surface area contributed by atoms with Crippen molar-refractivity contribution < 1.29 is 4.79 Å². The van der Waals surface area contributed by atoms with Crippen molar-refractivity contribution in [1.82, 2.24) is 15.3 Å². The van der Waals surface area contributed by atoms with Crippen LogP contribution in [0.15, 0.2) is 12.4 Å². The summed E-state index contributed by atoms with van der Waals surface area (Å²) in [6.07, 6.45) is 5.03. The van der Waals surface area contributed by atoms with Crippen molar-refractivity contribution in [1.29, 1.82) is 0 Å². The Morgan fingerprint density at radius 2 is 2.19 bits per heavy atom. The summed E-state index contributed by atoms with van der Waals surface area (Å²) in [4.78, 5) is 19.8. The van der Waals surface area contributed by atoms with Gasteiger partial charge in [-0.05, 0) is 13.3 Å². The smallest absolute Gasteiger partial charge is 0.271 e. The van der Waals surface area contributed by atoms with Gasteiger partial charge in [0.25, 0.3) is 5.91 Å². The highest BCUT2D eigenvalue weighted by atomic mass is 16.1. The van der Waals surface area contributed by atoms with Gasteiger partial charge in [-0.2, -0.15) is 0 Å². The first kappa shape index (κ1) is 12.4. The van der Waals surface area contributed by atoms with Gasteiger partial charge in [-0.25, -0.2) is 9.97 Å². The molecule has 1 unspecified atom stereocenters. The highest BCUT2D eigenvalue weighted by Crippen LogP contribution is 2.01. The topological polar surface area (TPSA) is 66.9 Å². The van der Waals surface area contributed by atoms with E-state index < -0.39 is 0 Å². The highest BCUT2D eigenvalue weighted by Gasteiger charge is 2.10. The number of anilines is 1. The van der Waals surface area contributed by atoms with Crippen LogP contribution in [-0.4, -0.2) is 29.0 Å². The number of carbonyl (C=O) groups is 1. The summed E-state index contributed by atoms with van der Waals surface area (Å²) in [6.45, 7) is 4.07. The SMILES string of the molecule is CCCC(C)NC(=O)c1cnc(NC)cn1. The first-order chi connectivity index (χ1) is 7.67. The third-order valence-electron chi connectivity index (χ3n) is 2.24. The van der Waals surface area contributed by atoms with Crippen LogP contribution in [0.25, 0.3) is 0 Å². The number of amides is 1. The Labute approximate surface area is 95.7 Å². The average Bonchev–Trinajstić information content (AvgIpc) is 2.29. The molecule has 1 rings (SSSR count). The summed E-state index contributed by atoms with van der Waals surface area (Å²) in [5.74, 6) is 0.481. The van der Waals surface area contributed by atoms with Crippen molar-refractivity contribution >= 4 is 11.7 Å². The minimum absolute atomic E-state index is 0.170. The molecule has 1 atom stereocenters. The van der Waals surface area contributed by atoms with Crippen LogP contribution in [-0.2, 0) is 0 Å². The molecule has 88 valence electrons. The number of hydrogen-bond donors (Lipinski definition) is 2. The molecule has 1 aromatic rings. The average molecular weight is 222 g/mol. The zero-order chi connectivity index (χ0) is 12.0. The van der Waals surface area contributed by atoms with E-state index in [9.17, 15) is 4.79 Å². The van der Waals surface area contributed by atoms with E-state index in [1.165, 1.54) is 6.20 Å². The molecule has 0 aliphatic rings. The molecule has 2 N–H and O–H groups in total. The Hall–Kier alpha value is -1.65. The first-order valence-corrected chi connectivity index (χ1v) is 5.48. The van der Waals surface area contributed by atoms with Crippen molar-refractivity contribution in [2.75, 3.05) is 12.4 Å². The quantitative estimate of drug-likeness (QED) is 0.791. The molecule has 0 saturated carbocycles. The van der Waals surface area contributed by atoms with Crippen LogP contribution in [0.1, 0.15) is 37.2 Å². The van der Waals surface area contributed by atoms with E-state index in [1.54, 1.807) is 13.2 Å². The zero-order valence-corrected chi connectivity index (χ0v) is 9.95. The van der Waals surface area contributed by atoms with Crippen molar-refractivity contribution in [3.8, 4) is 0 Å². The molecule has 1 amide bonds. The molecule has 0 fully saturated rings. The Kier molecular flexibility index (Phi) is 4.69. The maximum atomic E-state index is 11.7. The van der Waals surface area contributed by atoms with Crippen LogP contribution in [0.3, 0.4) is 0 Å². The van der Waals surface area contributed by atoms with Gasteiger partial charge in [0.1, 0.15) is 11.5 Å². The maximum Gasteiger partial charge on any atom is 0.271 e. The summed E-state index contributed by atoms with van der Waals surface area (Å²) in [7, 11) is 1.76. The molecule has 5 nitrogen and oxygen atoms in total. The van der Waals surface area contributed by atoms with Crippen LogP contribution < -0.4 is 10.6 Å². The molecule has 5 heteroatoms. The molecule has 0 bridgehead atoms. The maximum absolute atomic E-state index is 11.7. The van der Waals surface area contributed by atoms with Gasteiger partial charge in [-0.1, -0.05) is 13.3 Å². The van der Waals surface area contributed by atoms with E-state index in [-0.39, 0.29) is 11.9 Å². The third-order valence-corrected chi connectivity index (χ3v) is 2.24. The van der Waals surface area contributed by atoms with Crippen LogP contribution in [0.5, 0.6) is 0 Å². The van der Waals surface area contributed by atoms with Crippen LogP contribution in [0.2, 0.25) is 0 Å². The number of nitrogens with zero attached hydrogens (tertiary/aromatic N) is 2. The Bertz CT molecular complexity index is 336. The standard InChI is InChI=1S/C11H18N4O/c1-4-5-8(2)15-11(16)9-6-14-10(12-3)7-13-9/h6-8H,4-5H2,1-3H3,(H,12,14)(H,15,16). The summed E-state index contributed by atoms with van der Waals surface area (Å²) in [5, 5.41) is 5.72. The van der Waals surface area contributed by atoms with E-state index >= 15 is 0 Å². The van der Waals surface area contributed by atoms with Crippen LogP contribution in [0.4, 0.5) is 5.82 Å². The lowest BCUT2D eigenvalue weighted by atomic mass is 10.2. The number of nitrogens with one attached hydrogen (secondary N) is 2. The number of aromatic nitrogens is 2. The second-order valence-electron chi connectivity index (χ2n) is 3.70. The molecule has 0 spiro atoms. The van der Waals surface area contributed by atoms with Gasteiger partial charge < -0.3 is 10.6 Å². The monoisotopic (exact) mass is 222 g/mol. The molecule has 0 radical (unpaired) electrons. The largest absolute Gasteiger partial charge is 0.372 e. The lowest BCUT2D eigenvalue weighted by molar-refractivity contribution is 0.0933. The third kappa shape index (κ3) is 3.49. The molecule has 1 heterocycles. The first-order valence-electron chi connectivity index (χ1n) is 5.48. The van der Waals surface area contributed by atoms with Crippen LogP contribution in [0, 0.1) is 0 Å². The fourth-order valence-corrected chi connectivity index (χ4v) is 1.38. The van der Waals surface area contributed by atoms with Gasteiger partial charge in [0.15, 0.2) is 0 Å². The van der Waals surface area contributed by atoms with Gasteiger partial charge in [-0.15, -0.1) is 0 Å². The predicted octanol–water partition coefficient (Wildman–Crippen LogP) is 1.44. The van der Waals surface area contributed by atoms with Crippen molar-refractivity contribution in [3.63, 3.8) is 0 Å². The van der Waals surface area contributed by atoms with Gasteiger partial charge in [0, 0.05) is 13.1 Å². The fraction of sp³-hybridized carbons (Fsp3) is 0.545. The fourth-order valence-electron chi connectivity index (χ4n) is 1.38. The molecule has 0 aliphatic carbocycles. The lowest BCUT2D eigenvalue weighted by Gasteiger charge is -2.11. The number of carbonyl (C=O) groups excluding carboxylic acids is 1. The minimum atomic E-state index is -0.170. The molecular weight excluding hydrogens is 204 g/mol. The lowest BCUT2D eigenvalue weighted by Crippen LogP contribution is -2.33. The molecule has 0 saturated heterocycles. The van der Waals surface area contributed by atoms with Gasteiger partial charge in [0.05, 0.1) is 12.4 Å². The van der Waals surface area contributed by atoms with Crippen molar-refractivity contribution in [2.24, 2.45) is 0 Å². The van der Waals surface area contributed by atoms with Gasteiger partial charge in [-0.3, -0.25) is 4.79 Å². The second-order valence-corrected chi connectivity index (χ2v) is 3.70. The zero-order valence-electron chi connectivity index (χ0n) is 9.95. The molecule has 0 aromatic carbocycles.